The van der Waals surface area contributed by atoms with Gasteiger partial charge >= 0.3 is 18.5 Å². The molecular formula is C40H42F3N5O9. The van der Waals surface area contributed by atoms with Gasteiger partial charge in [-0.2, -0.15) is 0 Å². The standard InChI is InChI=1S/C40H42F3N5O9/c41-40(42,43)57-32-12-10-31(11-13-32)56-30-8-6-29(7-9-30)39(34(50)44-36(52)45-35(39)51)48-20-16-38(17-21-48)26-47(22-23-55-38)33(49)24-27-14-18-46(19-15-27)37(53)54-25-28-4-2-1-3-5-28/h1-13,27H,14-26H2,(H2,44,45,50,51,52). The molecule has 3 aromatic carbocycles. The molecule has 3 aromatic rings. The first kappa shape index (κ1) is 39.6. The number of urea groups is 1. The number of likely N-dealkylation sites (tertiary alicyclic amines) is 2. The Morgan fingerprint density at radius 2 is 1.37 bits per heavy atom. The largest absolute Gasteiger partial charge is 0.573 e. The van der Waals surface area contributed by atoms with Gasteiger partial charge in [-0.25, -0.2) is 9.59 Å². The van der Waals surface area contributed by atoms with Crippen molar-refractivity contribution >= 4 is 29.8 Å². The topological polar surface area (TPSA) is 156 Å². The molecule has 14 nitrogen and oxygen atoms in total. The molecule has 302 valence electrons. The van der Waals surface area contributed by atoms with Gasteiger partial charge in [0.05, 0.1) is 12.2 Å². The Morgan fingerprint density at radius 3 is 1.98 bits per heavy atom. The molecule has 4 aliphatic heterocycles. The summed E-state index contributed by atoms with van der Waals surface area (Å²) in [4.78, 5) is 71.1. The average molecular weight is 794 g/mol. The van der Waals surface area contributed by atoms with Crippen LogP contribution < -0.4 is 20.1 Å². The number of nitrogens with one attached hydrogen (secondary N) is 2. The second-order valence-corrected chi connectivity index (χ2v) is 14.6. The molecule has 17 heteroatoms. The quantitative estimate of drug-likeness (QED) is 0.281. The van der Waals surface area contributed by atoms with E-state index in [0.29, 0.717) is 64.9 Å². The van der Waals surface area contributed by atoms with Gasteiger partial charge in [0.1, 0.15) is 23.9 Å². The van der Waals surface area contributed by atoms with Crippen LogP contribution in [0.2, 0.25) is 0 Å². The highest BCUT2D eigenvalue weighted by molar-refractivity contribution is 6.22. The minimum Gasteiger partial charge on any atom is -0.457 e. The first-order valence-electron chi connectivity index (χ1n) is 18.8. The van der Waals surface area contributed by atoms with Crippen LogP contribution in [-0.4, -0.2) is 102 Å². The molecule has 0 radical (unpaired) electrons. The third-order valence-corrected chi connectivity index (χ3v) is 11.0. The fourth-order valence-corrected chi connectivity index (χ4v) is 7.98. The maximum atomic E-state index is 13.7. The Morgan fingerprint density at radius 1 is 0.772 bits per heavy atom. The third kappa shape index (κ3) is 8.99. The number of halogens is 3. The lowest BCUT2D eigenvalue weighted by molar-refractivity contribution is -0.274. The molecule has 6 amide bonds. The van der Waals surface area contributed by atoms with E-state index in [9.17, 15) is 37.1 Å². The first-order chi connectivity index (χ1) is 27.3. The van der Waals surface area contributed by atoms with E-state index in [2.05, 4.69) is 15.4 Å². The van der Waals surface area contributed by atoms with E-state index in [1.54, 1.807) is 9.80 Å². The van der Waals surface area contributed by atoms with Gasteiger partial charge in [-0.3, -0.25) is 29.9 Å². The molecule has 0 bridgehead atoms. The van der Waals surface area contributed by atoms with Crippen LogP contribution in [0.25, 0.3) is 0 Å². The van der Waals surface area contributed by atoms with Gasteiger partial charge < -0.3 is 28.7 Å². The average Bonchev–Trinajstić information content (AvgIpc) is 3.19. The summed E-state index contributed by atoms with van der Waals surface area (Å²) >= 11 is 0. The second-order valence-electron chi connectivity index (χ2n) is 14.6. The first-order valence-corrected chi connectivity index (χ1v) is 18.8. The minimum atomic E-state index is -4.84. The van der Waals surface area contributed by atoms with E-state index >= 15 is 0 Å². The normalized spacial score (nSPS) is 20.1. The van der Waals surface area contributed by atoms with Gasteiger partial charge in [-0.1, -0.05) is 42.5 Å². The van der Waals surface area contributed by atoms with E-state index < -0.39 is 41.1 Å². The zero-order valence-corrected chi connectivity index (χ0v) is 30.9. The summed E-state index contributed by atoms with van der Waals surface area (Å²) in [5, 5.41) is 4.48. The number of hydrogen-bond donors (Lipinski definition) is 2. The molecule has 0 unspecified atom stereocenters. The van der Waals surface area contributed by atoms with E-state index in [4.69, 9.17) is 14.2 Å². The monoisotopic (exact) mass is 793 g/mol. The highest BCUT2D eigenvalue weighted by Gasteiger charge is 2.58. The molecule has 57 heavy (non-hydrogen) atoms. The van der Waals surface area contributed by atoms with Crippen molar-refractivity contribution in [2.75, 3.05) is 45.9 Å². The van der Waals surface area contributed by atoms with Gasteiger partial charge in [-0.05, 0) is 79.1 Å². The van der Waals surface area contributed by atoms with E-state index in [0.717, 1.165) is 17.7 Å². The van der Waals surface area contributed by atoms with Crippen LogP contribution in [0.1, 0.15) is 43.2 Å². The maximum Gasteiger partial charge on any atom is 0.573 e. The lowest BCUT2D eigenvalue weighted by Gasteiger charge is -2.51. The lowest BCUT2D eigenvalue weighted by atomic mass is 9.80. The molecule has 4 fully saturated rings. The van der Waals surface area contributed by atoms with Crippen molar-refractivity contribution in [3.63, 3.8) is 0 Å². The third-order valence-electron chi connectivity index (χ3n) is 11.0. The van der Waals surface area contributed by atoms with E-state index in [1.165, 1.54) is 36.4 Å². The van der Waals surface area contributed by atoms with Crippen molar-refractivity contribution in [2.24, 2.45) is 5.92 Å². The number of alkyl halides is 3. The second kappa shape index (κ2) is 16.4. The van der Waals surface area contributed by atoms with Crippen LogP contribution in [0.15, 0.2) is 78.9 Å². The van der Waals surface area contributed by atoms with E-state index in [-0.39, 0.29) is 54.7 Å². The Bertz CT molecular complexity index is 1930. The number of morpholine rings is 1. The molecule has 0 atom stereocenters. The molecule has 0 saturated carbocycles. The van der Waals surface area contributed by atoms with Crippen molar-refractivity contribution in [1.82, 2.24) is 25.3 Å². The summed E-state index contributed by atoms with van der Waals surface area (Å²) in [6.07, 6.45) is -2.68. The maximum absolute atomic E-state index is 13.7. The number of barbiturate groups is 1. The van der Waals surface area contributed by atoms with Gasteiger partial charge in [0, 0.05) is 45.7 Å². The number of ether oxygens (including phenoxy) is 4. The molecule has 4 aliphatic rings. The molecule has 4 saturated heterocycles. The Hall–Kier alpha value is -5.68. The van der Waals surface area contributed by atoms with Crippen LogP contribution in [0.3, 0.4) is 0 Å². The molecule has 7 rings (SSSR count). The molecule has 2 N–H and O–H groups in total. The molecule has 1 spiro atoms. The Balaban J connectivity index is 0.955. The van der Waals surface area contributed by atoms with Crippen molar-refractivity contribution < 1.29 is 56.1 Å². The number of carbonyl (C=O) groups excluding carboxylic acids is 5. The van der Waals surface area contributed by atoms with Crippen LogP contribution in [0.5, 0.6) is 17.2 Å². The summed E-state index contributed by atoms with van der Waals surface area (Å²) in [6, 6.07) is 19.4. The highest BCUT2D eigenvalue weighted by Crippen LogP contribution is 2.40. The molecule has 4 heterocycles. The number of hydrogen-bond acceptors (Lipinski definition) is 10. The number of benzene rings is 3. The number of piperidine rings is 2. The summed E-state index contributed by atoms with van der Waals surface area (Å²) in [6.45, 7) is 2.79. The number of carbonyl (C=O) groups is 5. The summed E-state index contributed by atoms with van der Waals surface area (Å²) in [5.41, 5.74) is -1.44. The van der Waals surface area contributed by atoms with Crippen molar-refractivity contribution in [3.8, 4) is 17.2 Å². The van der Waals surface area contributed by atoms with E-state index in [1.807, 2.05) is 35.2 Å². The number of nitrogens with zero attached hydrogens (tertiary/aromatic N) is 3. The Labute approximate surface area is 326 Å². The zero-order chi connectivity index (χ0) is 40.2. The fraction of sp³-hybridized carbons (Fsp3) is 0.425. The zero-order valence-electron chi connectivity index (χ0n) is 30.9. The van der Waals surface area contributed by atoms with Gasteiger partial charge in [0.2, 0.25) is 11.4 Å². The number of imide groups is 2. The van der Waals surface area contributed by atoms with Crippen molar-refractivity contribution in [2.45, 2.75) is 56.2 Å². The van der Waals surface area contributed by atoms with Gasteiger partial charge in [0.15, 0.2) is 0 Å². The summed E-state index contributed by atoms with van der Waals surface area (Å²) < 4.78 is 59.1. The van der Waals surface area contributed by atoms with Crippen LogP contribution in [0.4, 0.5) is 22.8 Å². The fourth-order valence-electron chi connectivity index (χ4n) is 7.98. The van der Waals surface area contributed by atoms with Crippen molar-refractivity contribution in [1.29, 1.82) is 0 Å². The van der Waals surface area contributed by atoms with Crippen molar-refractivity contribution in [3.05, 3.63) is 90.0 Å². The summed E-state index contributed by atoms with van der Waals surface area (Å²) in [5.74, 6) is -1.43. The van der Waals surface area contributed by atoms with Gasteiger partial charge in [0.25, 0.3) is 11.8 Å². The number of rotatable bonds is 9. The Kier molecular flexibility index (Phi) is 11.4. The van der Waals surface area contributed by atoms with Crippen LogP contribution >= 0.6 is 0 Å². The summed E-state index contributed by atoms with van der Waals surface area (Å²) in [7, 11) is 0. The molecule has 0 aromatic heterocycles. The number of amides is 6. The predicted molar refractivity (Wildman–Crippen MR) is 195 cm³/mol. The molecule has 0 aliphatic carbocycles. The predicted octanol–water partition coefficient (Wildman–Crippen LogP) is 5.07. The SMILES string of the molecule is O=C1NC(=O)C(c2ccc(Oc3ccc(OC(F)(F)F)cc3)cc2)(N2CCC3(CC2)CN(C(=O)CC2CCN(C(=O)OCc4ccccc4)CC2)CCO3)C(=O)N1. The van der Waals surface area contributed by atoms with Crippen LogP contribution in [-0.2, 0) is 36.0 Å². The van der Waals surface area contributed by atoms with Gasteiger partial charge in [-0.15, -0.1) is 13.2 Å². The lowest BCUT2D eigenvalue weighted by Crippen LogP contribution is -2.73. The highest BCUT2D eigenvalue weighted by atomic mass is 19.4. The smallest absolute Gasteiger partial charge is 0.457 e. The minimum absolute atomic E-state index is 0.0131. The van der Waals surface area contributed by atoms with Crippen LogP contribution in [0, 0.1) is 5.92 Å². The molecular weight excluding hydrogens is 751 g/mol.